The van der Waals surface area contributed by atoms with Crippen molar-refractivity contribution in [2.45, 2.75) is 13.5 Å². The lowest BCUT2D eigenvalue weighted by Gasteiger charge is -2.20. The maximum atomic E-state index is 6.24. The molecule has 2 rings (SSSR count). The van der Waals surface area contributed by atoms with Gasteiger partial charge in [-0.3, -0.25) is 0 Å². The summed E-state index contributed by atoms with van der Waals surface area (Å²) in [4.78, 5) is 2.13. The smallest absolute Gasteiger partial charge is 0.0458 e. The highest BCUT2D eigenvalue weighted by Crippen LogP contribution is 2.22. The number of benzene rings is 2. The van der Waals surface area contributed by atoms with Gasteiger partial charge in [0.15, 0.2) is 0 Å². The summed E-state index contributed by atoms with van der Waals surface area (Å²) in [6, 6.07) is 14.0. The first-order valence-electron chi connectivity index (χ1n) is 5.88. The van der Waals surface area contributed by atoms with Crippen LogP contribution in [0.5, 0.6) is 0 Å². The van der Waals surface area contributed by atoms with E-state index < -0.39 is 0 Å². The molecule has 18 heavy (non-hydrogen) atoms. The summed E-state index contributed by atoms with van der Waals surface area (Å²) in [6.45, 7) is 2.81. The van der Waals surface area contributed by atoms with Gasteiger partial charge in [0.05, 0.1) is 0 Å². The molecule has 0 radical (unpaired) electrons. The van der Waals surface area contributed by atoms with Crippen molar-refractivity contribution < 1.29 is 0 Å². The molecule has 0 amide bonds. The molecule has 0 bridgehead atoms. The van der Waals surface area contributed by atoms with Crippen molar-refractivity contribution in [1.82, 2.24) is 0 Å². The number of nitrogens with zero attached hydrogens (tertiary/aromatic N) is 1. The molecule has 0 unspecified atom stereocenters. The Kier molecular flexibility index (Phi) is 3.78. The Hall–Kier alpha value is -1.67. The van der Waals surface area contributed by atoms with Crippen molar-refractivity contribution in [2.75, 3.05) is 17.7 Å². The number of nitrogens with two attached hydrogens (primary N) is 1. The van der Waals surface area contributed by atoms with Crippen LogP contribution in [-0.2, 0) is 6.54 Å². The van der Waals surface area contributed by atoms with E-state index in [2.05, 4.69) is 17.0 Å². The van der Waals surface area contributed by atoms with Crippen LogP contribution in [0.3, 0.4) is 0 Å². The number of aryl methyl sites for hydroxylation is 1. The number of halogens is 1. The van der Waals surface area contributed by atoms with Gasteiger partial charge in [0, 0.05) is 30.0 Å². The second-order valence-corrected chi connectivity index (χ2v) is 4.95. The summed E-state index contributed by atoms with van der Waals surface area (Å²) in [5, 5.41) is 0.811. The first-order chi connectivity index (χ1) is 8.56. The van der Waals surface area contributed by atoms with E-state index in [1.54, 1.807) is 0 Å². The molecule has 0 heterocycles. The third-order valence-corrected chi connectivity index (χ3v) is 3.28. The third-order valence-electron chi connectivity index (χ3n) is 2.93. The molecule has 0 aromatic heterocycles. The summed E-state index contributed by atoms with van der Waals surface area (Å²) in [5.41, 5.74) is 9.94. The molecule has 2 N–H and O–H groups in total. The SMILES string of the molecule is Cc1ccc(CN(C)c2cccc(N)c2)c(Cl)c1. The average molecular weight is 261 g/mol. The van der Waals surface area contributed by atoms with Crippen LogP contribution in [0.2, 0.25) is 5.02 Å². The van der Waals surface area contributed by atoms with Gasteiger partial charge in [-0.2, -0.15) is 0 Å². The van der Waals surface area contributed by atoms with E-state index in [1.807, 2.05) is 44.3 Å². The van der Waals surface area contributed by atoms with Crippen molar-refractivity contribution in [3.63, 3.8) is 0 Å². The number of rotatable bonds is 3. The Labute approximate surface area is 113 Å². The Morgan fingerprint density at radius 2 is 1.94 bits per heavy atom. The second kappa shape index (κ2) is 5.32. The third kappa shape index (κ3) is 2.96. The minimum absolute atomic E-state index is 0.766. The van der Waals surface area contributed by atoms with Crippen LogP contribution in [0.25, 0.3) is 0 Å². The van der Waals surface area contributed by atoms with E-state index >= 15 is 0 Å². The zero-order valence-corrected chi connectivity index (χ0v) is 11.4. The van der Waals surface area contributed by atoms with E-state index in [0.717, 1.165) is 28.5 Å². The molecule has 3 heteroatoms. The molecule has 2 aromatic carbocycles. The fourth-order valence-corrected chi connectivity index (χ4v) is 2.18. The molecule has 2 aromatic rings. The first kappa shape index (κ1) is 12.8. The van der Waals surface area contributed by atoms with E-state index in [9.17, 15) is 0 Å². The van der Waals surface area contributed by atoms with Crippen LogP contribution < -0.4 is 10.6 Å². The van der Waals surface area contributed by atoms with Crippen LogP contribution in [0, 0.1) is 6.92 Å². The summed E-state index contributed by atoms with van der Waals surface area (Å²) in [7, 11) is 2.03. The summed E-state index contributed by atoms with van der Waals surface area (Å²) < 4.78 is 0. The highest BCUT2D eigenvalue weighted by atomic mass is 35.5. The van der Waals surface area contributed by atoms with Crippen LogP contribution in [0.4, 0.5) is 11.4 Å². The Bertz CT molecular complexity index is 552. The van der Waals surface area contributed by atoms with Crippen molar-refractivity contribution in [2.24, 2.45) is 0 Å². The second-order valence-electron chi connectivity index (χ2n) is 4.55. The normalized spacial score (nSPS) is 10.4. The van der Waals surface area contributed by atoms with Crippen LogP contribution in [0.15, 0.2) is 42.5 Å². The minimum atomic E-state index is 0.766. The topological polar surface area (TPSA) is 29.3 Å². The number of nitrogen functional groups attached to an aromatic ring is 1. The fourth-order valence-electron chi connectivity index (χ4n) is 1.89. The number of anilines is 2. The quantitative estimate of drug-likeness (QED) is 0.849. The van der Waals surface area contributed by atoms with Crippen LogP contribution >= 0.6 is 11.6 Å². The molecular weight excluding hydrogens is 244 g/mol. The predicted molar refractivity (Wildman–Crippen MR) is 79.2 cm³/mol. The van der Waals surface area contributed by atoms with Gasteiger partial charge < -0.3 is 10.6 Å². The lowest BCUT2D eigenvalue weighted by Crippen LogP contribution is -2.16. The van der Waals surface area contributed by atoms with Gasteiger partial charge >= 0.3 is 0 Å². The molecule has 0 spiro atoms. The van der Waals surface area contributed by atoms with Gasteiger partial charge in [0.25, 0.3) is 0 Å². The standard InChI is InChI=1S/C15H17ClN2/c1-11-6-7-12(15(16)8-11)10-18(2)14-5-3-4-13(17)9-14/h3-9H,10,17H2,1-2H3. The molecule has 0 atom stereocenters. The highest BCUT2D eigenvalue weighted by molar-refractivity contribution is 6.31. The molecular formula is C15H17ClN2. The van der Waals surface area contributed by atoms with Crippen LogP contribution in [-0.4, -0.2) is 7.05 Å². The average Bonchev–Trinajstić information content (AvgIpc) is 2.32. The first-order valence-corrected chi connectivity index (χ1v) is 6.26. The summed E-state index contributed by atoms with van der Waals surface area (Å²) >= 11 is 6.24. The van der Waals surface area contributed by atoms with Gasteiger partial charge in [0.2, 0.25) is 0 Å². The summed E-state index contributed by atoms with van der Waals surface area (Å²) in [6.07, 6.45) is 0. The molecule has 0 aliphatic rings. The predicted octanol–water partition coefficient (Wildman–Crippen LogP) is 3.87. The van der Waals surface area contributed by atoms with E-state index in [1.165, 1.54) is 5.56 Å². The molecule has 94 valence electrons. The zero-order valence-electron chi connectivity index (χ0n) is 10.7. The minimum Gasteiger partial charge on any atom is -0.399 e. The maximum absolute atomic E-state index is 6.24. The molecule has 0 saturated carbocycles. The van der Waals surface area contributed by atoms with Crippen molar-refractivity contribution in [3.05, 3.63) is 58.6 Å². The summed E-state index contributed by atoms with van der Waals surface area (Å²) in [5.74, 6) is 0. The zero-order chi connectivity index (χ0) is 13.1. The lowest BCUT2D eigenvalue weighted by atomic mass is 10.1. The van der Waals surface area contributed by atoms with E-state index in [4.69, 9.17) is 17.3 Å². The molecule has 2 nitrogen and oxygen atoms in total. The Morgan fingerprint density at radius 3 is 2.61 bits per heavy atom. The molecule has 0 fully saturated rings. The monoisotopic (exact) mass is 260 g/mol. The van der Waals surface area contributed by atoms with Gasteiger partial charge in [0.1, 0.15) is 0 Å². The van der Waals surface area contributed by atoms with E-state index in [0.29, 0.717) is 0 Å². The van der Waals surface area contributed by atoms with Gasteiger partial charge in [-0.15, -0.1) is 0 Å². The highest BCUT2D eigenvalue weighted by Gasteiger charge is 2.06. The van der Waals surface area contributed by atoms with Crippen LogP contribution in [0.1, 0.15) is 11.1 Å². The van der Waals surface area contributed by atoms with Gasteiger partial charge in [-0.1, -0.05) is 29.8 Å². The van der Waals surface area contributed by atoms with Gasteiger partial charge in [-0.25, -0.2) is 0 Å². The Balaban J connectivity index is 2.18. The number of hydrogen-bond acceptors (Lipinski definition) is 2. The lowest BCUT2D eigenvalue weighted by molar-refractivity contribution is 0.923. The maximum Gasteiger partial charge on any atom is 0.0458 e. The fraction of sp³-hybridized carbons (Fsp3) is 0.200. The molecule has 0 aliphatic heterocycles. The Morgan fingerprint density at radius 1 is 1.17 bits per heavy atom. The van der Waals surface area contributed by atoms with Crippen molar-refractivity contribution >= 4 is 23.0 Å². The van der Waals surface area contributed by atoms with E-state index in [-0.39, 0.29) is 0 Å². The largest absolute Gasteiger partial charge is 0.399 e. The van der Waals surface area contributed by atoms with Crippen molar-refractivity contribution in [1.29, 1.82) is 0 Å². The van der Waals surface area contributed by atoms with Gasteiger partial charge in [-0.05, 0) is 42.3 Å². The number of hydrogen-bond donors (Lipinski definition) is 1. The van der Waals surface area contributed by atoms with Crippen molar-refractivity contribution in [3.8, 4) is 0 Å². The molecule has 0 saturated heterocycles. The molecule has 0 aliphatic carbocycles.